The monoisotopic (exact) mass is 378 g/mol. The lowest BCUT2D eigenvalue weighted by Gasteiger charge is -2.10. The van der Waals surface area contributed by atoms with Crippen LogP contribution in [0.25, 0.3) is 11.4 Å². The average molecular weight is 378 g/mol. The van der Waals surface area contributed by atoms with Crippen LogP contribution in [0.3, 0.4) is 0 Å². The molecule has 1 amide bonds. The number of alkyl halides is 3. The zero-order valence-electron chi connectivity index (χ0n) is 13.8. The molecule has 0 bridgehead atoms. The van der Waals surface area contributed by atoms with E-state index in [0.717, 1.165) is 5.56 Å². The van der Waals surface area contributed by atoms with Crippen LogP contribution in [0, 0.1) is 5.82 Å². The van der Waals surface area contributed by atoms with E-state index in [-0.39, 0.29) is 13.0 Å². The van der Waals surface area contributed by atoms with Crippen LogP contribution in [0.1, 0.15) is 21.7 Å². The number of carbonyl (C=O) groups is 1. The molecular formula is C18H14F4N4O. The van der Waals surface area contributed by atoms with Crippen LogP contribution >= 0.6 is 0 Å². The van der Waals surface area contributed by atoms with E-state index in [1.54, 1.807) is 0 Å². The number of halogens is 4. The summed E-state index contributed by atoms with van der Waals surface area (Å²) in [5.41, 5.74) is -0.931. The number of H-pyrrole nitrogens is 1. The van der Waals surface area contributed by atoms with Gasteiger partial charge in [-0.25, -0.2) is 9.37 Å². The Morgan fingerprint density at radius 1 is 1.11 bits per heavy atom. The molecule has 0 aliphatic carbocycles. The molecule has 140 valence electrons. The van der Waals surface area contributed by atoms with Gasteiger partial charge in [-0.1, -0.05) is 30.3 Å². The van der Waals surface area contributed by atoms with E-state index in [4.69, 9.17) is 0 Å². The average Bonchev–Trinajstić information content (AvgIpc) is 3.10. The minimum Gasteiger partial charge on any atom is -0.351 e. The molecule has 3 rings (SSSR count). The minimum atomic E-state index is -4.66. The fourth-order valence-electron chi connectivity index (χ4n) is 2.39. The first-order valence-corrected chi connectivity index (χ1v) is 7.96. The normalized spacial score (nSPS) is 11.4. The quantitative estimate of drug-likeness (QED) is 0.667. The van der Waals surface area contributed by atoms with Crippen LogP contribution in [-0.4, -0.2) is 27.6 Å². The van der Waals surface area contributed by atoms with Gasteiger partial charge in [0, 0.05) is 18.5 Å². The van der Waals surface area contributed by atoms with Gasteiger partial charge in [0.2, 0.25) is 0 Å². The molecule has 0 saturated carbocycles. The van der Waals surface area contributed by atoms with Crippen LogP contribution in [0.2, 0.25) is 0 Å². The standard InChI is InChI=1S/C18H14F4N4O/c19-14-7-6-12(18(20,21)22)10-13(14)17(27)23-9-8-15-24-16(26-25-15)11-4-2-1-3-5-11/h1-7,10H,8-9H2,(H,23,27)(H,24,25,26). The first-order chi connectivity index (χ1) is 12.8. The Morgan fingerprint density at radius 3 is 2.56 bits per heavy atom. The van der Waals surface area contributed by atoms with Crippen molar-refractivity contribution < 1.29 is 22.4 Å². The molecular weight excluding hydrogens is 364 g/mol. The third kappa shape index (κ3) is 4.49. The lowest BCUT2D eigenvalue weighted by atomic mass is 10.1. The van der Waals surface area contributed by atoms with Crippen LogP contribution in [0.15, 0.2) is 48.5 Å². The number of nitrogens with zero attached hydrogens (tertiary/aromatic N) is 2. The van der Waals surface area contributed by atoms with Gasteiger partial charge in [0.05, 0.1) is 11.1 Å². The topological polar surface area (TPSA) is 70.7 Å². The molecule has 5 nitrogen and oxygen atoms in total. The third-order valence-corrected chi connectivity index (χ3v) is 3.75. The fourth-order valence-corrected chi connectivity index (χ4v) is 2.39. The number of aromatic amines is 1. The number of amides is 1. The highest BCUT2D eigenvalue weighted by atomic mass is 19.4. The highest BCUT2D eigenvalue weighted by Gasteiger charge is 2.31. The summed E-state index contributed by atoms with van der Waals surface area (Å²) in [6.45, 7) is 0.0535. The Balaban J connectivity index is 1.61. The predicted molar refractivity (Wildman–Crippen MR) is 89.3 cm³/mol. The van der Waals surface area contributed by atoms with Crippen molar-refractivity contribution in [2.75, 3.05) is 6.54 Å². The second-order valence-electron chi connectivity index (χ2n) is 5.67. The fraction of sp³-hybridized carbons (Fsp3) is 0.167. The number of nitrogens with one attached hydrogen (secondary N) is 2. The maximum absolute atomic E-state index is 13.7. The zero-order valence-corrected chi connectivity index (χ0v) is 13.8. The van der Waals surface area contributed by atoms with Gasteiger partial charge >= 0.3 is 6.18 Å². The maximum Gasteiger partial charge on any atom is 0.416 e. The molecule has 0 aliphatic heterocycles. The van der Waals surface area contributed by atoms with Crippen molar-refractivity contribution >= 4 is 5.91 Å². The van der Waals surface area contributed by atoms with Gasteiger partial charge in [0.1, 0.15) is 11.6 Å². The lowest BCUT2D eigenvalue weighted by Crippen LogP contribution is -2.27. The molecule has 0 unspecified atom stereocenters. The summed E-state index contributed by atoms with van der Waals surface area (Å²) in [6.07, 6.45) is -4.40. The van der Waals surface area contributed by atoms with Crippen molar-refractivity contribution in [2.45, 2.75) is 12.6 Å². The summed E-state index contributed by atoms with van der Waals surface area (Å²) >= 11 is 0. The summed E-state index contributed by atoms with van der Waals surface area (Å²) < 4.78 is 51.8. The van der Waals surface area contributed by atoms with E-state index in [9.17, 15) is 22.4 Å². The molecule has 2 N–H and O–H groups in total. The number of benzene rings is 2. The van der Waals surface area contributed by atoms with Gasteiger partial charge in [-0.15, -0.1) is 0 Å². The summed E-state index contributed by atoms with van der Waals surface area (Å²) in [5.74, 6) is -0.979. The molecule has 9 heteroatoms. The molecule has 3 aromatic rings. The van der Waals surface area contributed by atoms with Crippen molar-refractivity contribution in [3.05, 3.63) is 71.3 Å². The Labute approximate surface area is 151 Å². The molecule has 27 heavy (non-hydrogen) atoms. The van der Waals surface area contributed by atoms with Gasteiger partial charge in [-0.2, -0.15) is 18.3 Å². The van der Waals surface area contributed by atoms with Gasteiger partial charge in [-0.3, -0.25) is 9.89 Å². The molecule has 0 spiro atoms. The Bertz CT molecular complexity index is 938. The number of hydrogen-bond donors (Lipinski definition) is 2. The van der Waals surface area contributed by atoms with Crippen LogP contribution < -0.4 is 5.32 Å². The molecule has 0 saturated heterocycles. The van der Waals surface area contributed by atoms with E-state index in [1.807, 2.05) is 30.3 Å². The molecule has 0 fully saturated rings. The zero-order chi connectivity index (χ0) is 19.4. The van der Waals surface area contributed by atoms with Crippen molar-refractivity contribution in [2.24, 2.45) is 0 Å². The second-order valence-corrected chi connectivity index (χ2v) is 5.67. The van der Waals surface area contributed by atoms with Crippen molar-refractivity contribution in [3.63, 3.8) is 0 Å². The minimum absolute atomic E-state index is 0.0535. The highest BCUT2D eigenvalue weighted by Crippen LogP contribution is 2.30. The van der Waals surface area contributed by atoms with Crippen LogP contribution in [0.4, 0.5) is 17.6 Å². The SMILES string of the molecule is O=C(NCCc1nc(-c2ccccc2)n[nH]1)c1cc(C(F)(F)F)ccc1F. The first-order valence-electron chi connectivity index (χ1n) is 7.96. The largest absolute Gasteiger partial charge is 0.416 e. The number of rotatable bonds is 5. The molecule has 1 heterocycles. The molecule has 2 aromatic carbocycles. The van der Waals surface area contributed by atoms with E-state index < -0.39 is 29.0 Å². The van der Waals surface area contributed by atoms with E-state index >= 15 is 0 Å². The van der Waals surface area contributed by atoms with Crippen LogP contribution in [0.5, 0.6) is 0 Å². The summed E-state index contributed by atoms with van der Waals surface area (Å²) in [4.78, 5) is 16.3. The van der Waals surface area contributed by atoms with Gasteiger partial charge in [0.15, 0.2) is 5.82 Å². The van der Waals surface area contributed by atoms with Gasteiger partial charge in [0.25, 0.3) is 5.91 Å². The smallest absolute Gasteiger partial charge is 0.351 e. The number of carbonyl (C=O) groups excluding carboxylic acids is 1. The Hall–Kier alpha value is -3.23. The predicted octanol–water partition coefficient (Wildman–Crippen LogP) is 3.60. The van der Waals surface area contributed by atoms with E-state index in [0.29, 0.717) is 29.8 Å². The second kappa shape index (κ2) is 7.56. The lowest BCUT2D eigenvalue weighted by molar-refractivity contribution is -0.137. The first kappa shape index (κ1) is 18.6. The molecule has 0 aliphatic rings. The van der Waals surface area contributed by atoms with Crippen molar-refractivity contribution in [1.29, 1.82) is 0 Å². The molecule has 0 atom stereocenters. The van der Waals surface area contributed by atoms with Crippen LogP contribution in [-0.2, 0) is 12.6 Å². The number of hydrogen-bond acceptors (Lipinski definition) is 3. The molecule has 0 radical (unpaired) electrons. The molecule has 1 aromatic heterocycles. The maximum atomic E-state index is 13.7. The van der Waals surface area contributed by atoms with Gasteiger partial charge in [-0.05, 0) is 18.2 Å². The van der Waals surface area contributed by atoms with E-state index in [1.165, 1.54) is 0 Å². The summed E-state index contributed by atoms with van der Waals surface area (Å²) in [7, 11) is 0. The Kier molecular flexibility index (Phi) is 5.20. The van der Waals surface area contributed by atoms with E-state index in [2.05, 4.69) is 20.5 Å². The number of aromatic nitrogens is 3. The third-order valence-electron chi connectivity index (χ3n) is 3.75. The van der Waals surface area contributed by atoms with Crippen molar-refractivity contribution in [3.8, 4) is 11.4 Å². The summed E-state index contributed by atoms with van der Waals surface area (Å²) in [5, 5.41) is 9.17. The van der Waals surface area contributed by atoms with Gasteiger partial charge < -0.3 is 5.32 Å². The summed E-state index contributed by atoms with van der Waals surface area (Å²) in [6, 6.07) is 10.9. The highest BCUT2D eigenvalue weighted by molar-refractivity contribution is 5.94. The Morgan fingerprint density at radius 2 is 1.85 bits per heavy atom. The van der Waals surface area contributed by atoms with Crippen molar-refractivity contribution in [1.82, 2.24) is 20.5 Å².